The van der Waals surface area contributed by atoms with E-state index in [4.69, 9.17) is 5.73 Å². The minimum absolute atomic E-state index is 0.0165. The summed E-state index contributed by atoms with van der Waals surface area (Å²) in [4.78, 5) is 28.0. The average molecular weight is 332 g/mol. The Morgan fingerprint density at radius 3 is 2.58 bits per heavy atom. The van der Waals surface area contributed by atoms with Crippen molar-refractivity contribution in [2.24, 2.45) is 5.73 Å². The number of carbonyl (C=O) groups excluding carboxylic acids is 2. The van der Waals surface area contributed by atoms with Crippen molar-refractivity contribution >= 4 is 11.9 Å². The summed E-state index contributed by atoms with van der Waals surface area (Å²) in [5.74, 6) is -0.0165. The number of nitrogens with two attached hydrogens (primary N) is 1. The first-order valence-corrected chi connectivity index (χ1v) is 8.71. The number of nitrogens with one attached hydrogen (secondary N) is 1. The van der Waals surface area contributed by atoms with Crippen molar-refractivity contribution in [3.05, 3.63) is 35.9 Å². The van der Waals surface area contributed by atoms with Gasteiger partial charge in [-0.05, 0) is 18.4 Å². The van der Waals surface area contributed by atoms with Gasteiger partial charge in [0.25, 0.3) is 0 Å². The number of urea groups is 1. The molecule has 0 unspecified atom stereocenters. The fourth-order valence-corrected chi connectivity index (χ4v) is 3.13. The van der Waals surface area contributed by atoms with Crippen LogP contribution in [-0.2, 0) is 11.3 Å². The van der Waals surface area contributed by atoms with E-state index in [0.29, 0.717) is 13.0 Å². The molecule has 2 rings (SSSR count). The molecule has 3 N–H and O–H groups in total. The largest absolute Gasteiger partial charge is 0.352 e. The Kier molecular flexibility index (Phi) is 7.06. The molecule has 0 saturated carbocycles. The Hall–Kier alpha value is -2.08. The van der Waals surface area contributed by atoms with Crippen molar-refractivity contribution in [2.45, 2.75) is 38.8 Å². The number of primary amides is 1. The first-order chi connectivity index (χ1) is 11.6. The van der Waals surface area contributed by atoms with Crippen molar-refractivity contribution in [3.8, 4) is 0 Å². The Balaban J connectivity index is 1.91. The summed E-state index contributed by atoms with van der Waals surface area (Å²) in [7, 11) is 0. The smallest absolute Gasteiger partial charge is 0.312 e. The second-order valence-corrected chi connectivity index (χ2v) is 6.29. The van der Waals surface area contributed by atoms with Crippen molar-refractivity contribution in [3.63, 3.8) is 0 Å². The van der Waals surface area contributed by atoms with Gasteiger partial charge in [-0.25, -0.2) is 4.79 Å². The molecular formula is C18H28N4O2. The minimum atomic E-state index is -0.637. The van der Waals surface area contributed by atoms with Crippen LogP contribution in [0.3, 0.4) is 0 Å². The molecule has 6 nitrogen and oxygen atoms in total. The highest BCUT2D eigenvalue weighted by Gasteiger charge is 2.26. The van der Waals surface area contributed by atoms with Crippen molar-refractivity contribution in [1.82, 2.24) is 15.1 Å². The molecule has 0 aromatic heterocycles. The SMILES string of the molecule is CCC[C@@H](NC(N)=O)C(=O)N1CCCN(Cc2ccccc2)CC1. The fraction of sp³-hybridized carbons (Fsp3) is 0.556. The molecular weight excluding hydrogens is 304 g/mol. The van der Waals surface area contributed by atoms with Gasteiger partial charge < -0.3 is 16.0 Å². The average Bonchev–Trinajstić information content (AvgIpc) is 2.80. The summed E-state index contributed by atoms with van der Waals surface area (Å²) in [5.41, 5.74) is 6.49. The van der Waals surface area contributed by atoms with Crippen LogP contribution in [0.1, 0.15) is 31.7 Å². The van der Waals surface area contributed by atoms with Crippen LogP contribution in [0.4, 0.5) is 4.79 Å². The molecule has 0 radical (unpaired) electrons. The fourth-order valence-electron chi connectivity index (χ4n) is 3.13. The zero-order chi connectivity index (χ0) is 17.4. The maximum Gasteiger partial charge on any atom is 0.312 e. The molecule has 1 aromatic carbocycles. The molecule has 1 fully saturated rings. The monoisotopic (exact) mass is 332 g/mol. The van der Waals surface area contributed by atoms with Gasteiger partial charge in [0.1, 0.15) is 6.04 Å². The molecule has 1 saturated heterocycles. The van der Waals surface area contributed by atoms with E-state index >= 15 is 0 Å². The maximum absolute atomic E-state index is 12.7. The van der Waals surface area contributed by atoms with Crippen LogP contribution in [0.5, 0.6) is 0 Å². The molecule has 6 heteroatoms. The van der Waals surface area contributed by atoms with E-state index in [2.05, 4.69) is 22.3 Å². The van der Waals surface area contributed by atoms with Crippen LogP contribution < -0.4 is 11.1 Å². The zero-order valence-electron chi connectivity index (χ0n) is 14.4. The van der Waals surface area contributed by atoms with E-state index in [-0.39, 0.29) is 5.91 Å². The third kappa shape index (κ3) is 5.53. The Labute approximate surface area is 144 Å². The molecule has 0 aliphatic carbocycles. The molecule has 24 heavy (non-hydrogen) atoms. The summed E-state index contributed by atoms with van der Waals surface area (Å²) in [6.45, 7) is 6.13. The lowest BCUT2D eigenvalue weighted by Gasteiger charge is -2.26. The summed E-state index contributed by atoms with van der Waals surface area (Å²) in [6.07, 6.45) is 2.38. The molecule has 1 aromatic rings. The Bertz CT molecular complexity index is 535. The van der Waals surface area contributed by atoms with Gasteiger partial charge in [-0.1, -0.05) is 43.7 Å². The lowest BCUT2D eigenvalue weighted by Crippen LogP contribution is -2.50. The molecule has 1 heterocycles. The topological polar surface area (TPSA) is 78.7 Å². The quantitative estimate of drug-likeness (QED) is 0.830. The molecule has 1 atom stereocenters. The second kappa shape index (κ2) is 9.27. The number of benzene rings is 1. The molecule has 0 spiro atoms. The van der Waals surface area contributed by atoms with Gasteiger partial charge >= 0.3 is 6.03 Å². The number of amides is 3. The van der Waals surface area contributed by atoms with E-state index in [1.54, 1.807) is 0 Å². The second-order valence-electron chi connectivity index (χ2n) is 6.29. The van der Waals surface area contributed by atoms with Crippen LogP contribution in [0.2, 0.25) is 0 Å². The summed E-state index contributed by atoms with van der Waals surface area (Å²) < 4.78 is 0. The van der Waals surface area contributed by atoms with E-state index in [1.165, 1.54) is 5.56 Å². The number of rotatable bonds is 6. The minimum Gasteiger partial charge on any atom is -0.352 e. The summed E-state index contributed by atoms with van der Waals surface area (Å²) in [5, 5.41) is 2.58. The van der Waals surface area contributed by atoms with E-state index in [0.717, 1.165) is 39.0 Å². The third-order valence-electron chi connectivity index (χ3n) is 4.34. The van der Waals surface area contributed by atoms with E-state index in [9.17, 15) is 9.59 Å². The molecule has 1 aliphatic heterocycles. The van der Waals surface area contributed by atoms with Crippen LogP contribution in [0.25, 0.3) is 0 Å². The van der Waals surface area contributed by atoms with E-state index in [1.807, 2.05) is 30.0 Å². The zero-order valence-corrected chi connectivity index (χ0v) is 14.4. The predicted molar refractivity (Wildman–Crippen MR) is 94.3 cm³/mol. The van der Waals surface area contributed by atoms with Gasteiger partial charge in [-0.2, -0.15) is 0 Å². The number of nitrogens with zero attached hydrogens (tertiary/aromatic N) is 2. The van der Waals surface area contributed by atoms with Gasteiger partial charge in [0.2, 0.25) is 5.91 Å². The number of carbonyl (C=O) groups is 2. The Morgan fingerprint density at radius 2 is 1.92 bits per heavy atom. The highest BCUT2D eigenvalue weighted by Crippen LogP contribution is 2.11. The third-order valence-corrected chi connectivity index (χ3v) is 4.34. The summed E-state index contributed by atoms with van der Waals surface area (Å²) in [6, 6.07) is 9.23. The normalized spacial score (nSPS) is 17.1. The van der Waals surface area contributed by atoms with Crippen molar-refractivity contribution in [1.29, 1.82) is 0 Å². The van der Waals surface area contributed by atoms with Gasteiger partial charge in [0.15, 0.2) is 0 Å². The van der Waals surface area contributed by atoms with Gasteiger partial charge in [-0.3, -0.25) is 9.69 Å². The van der Waals surface area contributed by atoms with E-state index < -0.39 is 12.1 Å². The molecule has 0 bridgehead atoms. The predicted octanol–water partition coefficient (Wildman–Crippen LogP) is 1.56. The first kappa shape index (κ1) is 18.3. The van der Waals surface area contributed by atoms with Gasteiger partial charge in [0, 0.05) is 32.7 Å². The van der Waals surface area contributed by atoms with Crippen LogP contribution in [-0.4, -0.2) is 54.0 Å². The number of hydrogen-bond donors (Lipinski definition) is 2. The van der Waals surface area contributed by atoms with Gasteiger partial charge in [-0.15, -0.1) is 0 Å². The molecule has 3 amide bonds. The van der Waals surface area contributed by atoms with Crippen LogP contribution in [0.15, 0.2) is 30.3 Å². The first-order valence-electron chi connectivity index (χ1n) is 8.71. The maximum atomic E-state index is 12.7. The molecule has 132 valence electrons. The highest BCUT2D eigenvalue weighted by molar-refractivity contribution is 5.86. The highest BCUT2D eigenvalue weighted by atomic mass is 16.2. The Morgan fingerprint density at radius 1 is 1.17 bits per heavy atom. The lowest BCUT2D eigenvalue weighted by molar-refractivity contribution is -0.133. The van der Waals surface area contributed by atoms with Crippen LogP contribution in [0, 0.1) is 0 Å². The standard InChI is InChI=1S/C18H28N4O2/c1-2-7-16(20-18(19)24)17(23)22-11-6-10-21(12-13-22)14-15-8-4-3-5-9-15/h3-5,8-9,16H,2,6-7,10-14H2,1H3,(H3,19,20,24)/t16-/m1/s1. The lowest BCUT2D eigenvalue weighted by atomic mass is 10.1. The van der Waals surface area contributed by atoms with Crippen molar-refractivity contribution in [2.75, 3.05) is 26.2 Å². The summed E-state index contributed by atoms with van der Waals surface area (Å²) >= 11 is 0. The number of hydrogen-bond acceptors (Lipinski definition) is 3. The molecule has 1 aliphatic rings. The van der Waals surface area contributed by atoms with Gasteiger partial charge in [0.05, 0.1) is 0 Å². The van der Waals surface area contributed by atoms with Crippen molar-refractivity contribution < 1.29 is 9.59 Å². The van der Waals surface area contributed by atoms with Crippen LogP contribution >= 0.6 is 0 Å².